The van der Waals surface area contributed by atoms with Crippen LogP contribution in [0.3, 0.4) is 0 Å². The third-order valence-corrected chi connectivity index (χ3v) is 5.18. The van der Waals surface area contributed by atoms with Gasteiger partial charge in [0.1, 0.15) is 0 Å². The molecule has 27 heavy (non-hydrogen) atoms. The van der Waals surface area contributed by atoms with Crippen LogP contribution in [0, 0.1) is 0 Å². The SMILES string of the molecule is CCCCCCCCCCCCCCC[C@H](O)CC=C(C)CCOC(C)=O. The summed E-state index contributed by atoms with van der Waals surface area (Å²) in [6.45, 7) is 6.17. The van der Waals surface area contributed by atoms with Crippen LogP contribution in [0.1, 0.15) is 124 Å². The summed E-state index contributed by atoms with van der Waals surface area (Å²) in [5, 5.41) is 10.1. The molecule has 0 radical (unpaired) electrons. The van der Waals surface area contributed by atoms with Crippen molar-refractivity contribution in [1.29, 1.82) is 0 Å². The van der Waals surface area contributed by atoms with Crippen LogP contribution < -0.4 is 0 Å². The molecule has 0 aromatic rings. The van der Waals surface area contributed by atoms with Crippen molar-refractivity contribution in [3.63, 3.8) is 0 Å². The molecule has 0 saturated carbocycles. The van der Waals surface area contributed by atoms with Gasteiger partial charge >= 0.3 is 5.97 Å². The van der Waals surface area contributed by atoms with E-state index < -0.39 is 0 Å². The zero-order valence-corrected chi connectivity index (χ0v) is 18.4. The minimum Gasteiger partial charge on any atom is -0.466 e. The van der Waals surface area contributed by atoms with Crippen molar-refractivity contribution in [2.75, 3.05) is 6.61 Å². The van der Waals surface area contributed by atoms with Gasteiger partial charge in [0.25, 0.3) is 0 Å². The Bertz CT molecular complexity index is 363. The Kier molecular flexibility index (Phi) is 19.3. The van der Waals surface area contributed by atoms with Crippen molar-refractivity contribution < 1.29 is 14.6 Å². The first kappa shape index (κ1) is 26.2. The van der Waals surface area contributed by atoms with E-state index in [1.807, 2.05) is 6.92 Å². The number of hydrogen-bond donors (Lipinski definition) is 1. The molecule has 0 rings (SSSR count). The van der Waals surface area contributed by atoms with E-state index in [0.29, 0.717) is 13.0 Å². The molecule has 3 nitrogen and oxygen atoms in total. The highest BCUT2D eigenvalue weighted by atomic mass is 16.5. The van der Waals surface area contributed by atoms with Gasteiger partial charge in [-0.2, -0.15) is 0 Å². The monoisotopic (exact) mass is 382 g/mol. The fourth-order valence-electron chi connectivity index (χ4n) is 3.31. The summed E-state index contributed by atoms with van der Waals surface area (Å²) < 4.78 is 4.93. The zero-order chi connectivity index (χ0) is 20.2. The molecule has 0 spiro atoms. The second-order valence-corrected chi connectivity index (χ2v) is 8.06. The first-order valence-corrected chi connectivity index (χ1v) is 11.5. The Morgan fingerprint density at radius 3 is 1.81 bits per heavy atom. The summed E-state index contributed by atoms with van der Waals surface area (Å²) in [5.41, 5.74) is 1.18. The molecular formula is C24H46O3. The van der Waals surface area contributed by atoms with Gasteiger partial charge in [-0.3, -0.25) is 4.79 Å². The van der Waals surface area contributed by atoms with E-state index in [0.717, 1.165) is 19.3 Å². The molecule has 1 atom stereocenters. The van der Waals surface area contributed by atoms with Crippen molar-refractivity contribution in [2.45, 2.75) is 130 Å². The molecule has 0 unspecified atom stereocenters. The van der Waals surface area contributed by atoms with Crippen molar-refractivity contribution >= 4 is 5.97 Å². The van der Waals surface area contributed by atoms with E-state index in [4.69, 9.17) is 4.74 Å². The smallest absolute Gasteiger partial charge is 0.302 e. The predicted molar refractivity (Wildman–Crippen MR) is 116 cm³/mol. The van der Waals surface area contributed by atoms with Gasteiger partial charge in [0.2, 0.25) is 0 Å². The molecule has 0 fully saturated rings. The number of hydrogen-bond acceptors (Lipinski definition) is 3. The summed E-state index contributed by atoms with van der Waals surface area (Å²) in [6, 6.07) is 0. The van der Waals surface area contributed by atoms with Crippen molar-refractivity contribution in [2.24, 2.45) is 0 Å². The molecule has 0 aromatic heterocycles. The van der Waals surface area contributed by atoms with Gasteiger partial charge in [-0.05, 0) is 19.8 Å². The van der Waals surface area contributed by atoms with Crippen LogP contribution in [-0.2, 0) is 9.53 Å². The van der Waals surface area contributed by atoms with Gasteiger partial charge in [-0.15, -0.1) is 0 Å². The fourth-order valence-corrected chi connectivity index (χ4v) is 3.31. The molecule has 0 aromatic carbocycles. The molecule has 0 aliphatic carbocycles. The Balaban J connectivity index is 3.35. The number of aliphatic hydroxyl groups excluding tert-OH is 1. The molecule has 0 aliphatic rings. The molecule has 0 bridgehead atoms. The van der Waals surface area contributed by atoms with Crippen LogP contribution in [0.4, 0.5) is 0 Å². The maximum Gasteiger partial charge on any atom is 0.302 e. The first-order valence-electron chi connectivity index (χ1n) is 11.5. The predicted octanol–water partition coefficient (Wildman–Crippen LogP) is 7.12. The molecular weight excluding hydrogens is 336 g/mol. The molecule has 0 aliphatic heterocycles. The fraction of sp³-hybridized carbons (Fsp3) is 0.875. The molecule has 0 amide bonds. The van der Waals surface area contributed by atoms with E-state index in [1.54, 1.807) is 0 Å². The lowest BCUT2D eigenvalue weighted by Crippen LogP contribution is -2.05. The molecule has 1 N–H and O–H groups in total. The minimum atomic E-state index is -0.235. The number of carbonyl (C=O) groups excluding carboxylic acids is 1. The quantitative estimate of drug-likeness (QED) is 0.147. The third-order valence-electron chi connectivity index (χ3n) is 5.18. The Labute approximate surface area is 169 Å². The van der Waals surface area contributed by atoms with E-state index in [-0.39, 0.29) is 12.1 Å². The number of rotatable bonds is 19. The topological polar surface area (TPSA) is 46.5 Å². The summed E-state index contributed by atoms with van der Waals surface area (Å²) in [7, 11) is 0. The van der Waals surface area contributed by atoms with Crippen molar-refractivity contribution in [3.8, 4) is 0 Å². The first-order chi connectivity index (χ1) is 13.1. The molecule has 0 heterocycles. The van der Waals surface area contributed by atoms with Gasteiger partial charge < -0.3 is 9.84 Å². The van der Waals surface area contributed by atoms with Gasteiger partial charge in [0.15, 0.2) is 0 Å². The van der Waals surface area contributed by atoms with Crippen molar-refractivity contribution in [3.05, 3.63) is 11.6 Å². The Hall–Kier alpha value is -0.830. The Morgan fingerprint density at radius 1 is 0.852 bits per heavy atom. The number of unbranched alkanes of at least 4 members (excludes halogenated alkanes) is 12. The molecule has 160 valence electrons. The number of esters is 1. The minimum absolute atomic E-state index is 0.231. The lowest BCUT2D eigenvalue weighted by molar-refractivity contribution is -0.140. The van der Waals surface area contributed by atoms with Crippen LogP contribution in [0.15, 0.2) is 11.6 Å². The summed E-state index contributed by atoms with van der Waals surface area (Å²) >= 11 is 0. The maximum absolute atomic E-state index is 10.7. The standard InChI is InChI=1S/C24H46O3/c1-4-5-6-7-8-9-10-11-12-13-14-15-16-17-24(26)19-18-22(2)20-21-27-23(3)25/h18,24,26H,4-17,19-21H2,1-3H3/t24-/m0/s1. The normalized spacial score (nSPS) is 13.0. The maximum atomic E-state index is 10.7. The van der Waals surface area contributed by atoms with E-state index in [9.17, 15) is 9.90 Å². The van der Waals surface area contributed by atoms with Crippen molar-refractivity contribution in [1.82, 2.24) is 0 Å². The summed E-state index contributed by atoms with van der Waals surface area (Å²) in [6.07, 6.45) is 21.8. The van der Waals surface area contributed by atoms with E-state index >= 15 is 0 Å². The molecule has 0 saturated heterocycles. The largest absolute Gasteiger partial charge is 0.466 e. The van der Waals surface area contributed by atoms with E-state index in [1.165, 1.54) is 89.5 Å². The van der Waals surface area contributed by atoms with Crippen LogP contribution in [0.2, 0.25) is 0 Å². The number of aliphatic hydroxyl groups is 1. The second kappa shape index (κ2) is 19.9. The van der Waals surface area contributed by atoms with Gasteiger partial charge in [0.05, 0.1) is 12.7 Å². The second-order valence-electron chi connectivity index (χ2n) is 8.06. The number of carbonyl (C=O) groups is 1. The van der Waals surface area contributed by atoms with Crippen LogP contribution in [-0.4, -0.2) is 23.8 Å². The summed E-state index contributed by atoms with van der Waals surface area (Å²) in [4.78, 5) is 10.7. The van der Waals surface area contributed by atoms with Gasteiger partial charge in [-0.1, -0.05) is 102 Å². The lowest BCUT2D eigenvalue weighted by Gasteiger charge is -2.09. The van der Waals surface area contributed by atoms with E-state index in [2.05, 4.69) is 13.0 Å². The van der Waals surface area contributed by atoms with Crippen LogP contribution >= 0.6 is 0 Å². The number of ether oxygens (including phenoxy) is 1. The molecule has 3 heteroatoms. The lowest BCUT2D eigenvalue weighted by atomic mass is 10.0. The Morgan fingerprint density at radius 2 is 1.33 bits per heavy atom. The highest BCUT2D eigenvalue weighted by Crippen LogP contribution is 2.14. The van der Waals surface area contributed by atoms with Crippen LogP contribution in [0.25, 0.3) is 0 Å². The average Bonchev–Trinajstić information content (AvgIpc) is 2.63. The highest BCUT2D eigenvalue weighted by Gasteiger charge is 2.03. The third kappa shape index (κ3) is 21.3. The summed E-state index contributed by atoms with van der Waals surface area (Å²) in [5.74, 6) is -0.231. The highest BCUT2D eigenvalue weighted by molar-refractivity contribution is 5.65. The van der Waals surface area contributed by atoms with Gasteiger partial charge in [0, 0.05) is 13.3 Å². The average molecular weight is 383 g/mol. The van der Waals surface area contributed by atoms with Gasteiger partial charge in [-0.25, -0.2) is 0 Å². The van der Waals surface area contributed by atoms with Crippen LogP contribution in [0.5, 0.6) is 0 Å². The zero-order valence-electron chi connectivity index (χ0n) is 18.4.